The maximum atomic E-state index is 13.4. The van der Waals surface area contributed by atoms with Crippen LogP contribution in [0.2, 0.25) is 0 Å². The molecule has 3 amide bonds. The maximum Gasteiger partial charge on any atom is 0.329 e. The molecule has 10 nitrogen and oxygen atoms in total. The summed E-state index contributed by atoms with van der Waals surface area (Å²) in [6.07, 6.45) is -1.48. The summed E-state index contributed by atoms with van der Waals surface area (Å²) in [4.78, 5) is 65.7. The first-order chi connectivity index (χ1) is 18.8. The van der Waals surface area contributed by atoms with Crippen LogP contribution < -0.4 is 16.0 Å². The molecule has 0 aromatic heterocycles. The number of carbonyl (C=O) groups excluding carboxylic acids is 5. The van der Waals surface area contributed by atoms with Crippen molar-refractivity contribution in [2.45, 2.75) is 97.9 Å². The van der Waals surface area contributed by atoms with Crippen LogP contribution in [0.1, 0.15) is 72.8 Å². The van der Waals surface area contributed by atoms with Crippen LogP contribution in [0.15, 0.2) is 30.3 Å². The van der Waals surface area contributed by atoms with Crippen LogP contribution in [-0.4, -0.2) is 60.5 Å². The summed E-state index contributed by atoms with van der Waals surface area (Å²) < 4.78 is 11.2. The van der Waals surface area contributed by atoms with E-state index in [9.17, 15) is 24.0 Å². The van der Waals surface area contributed by atoms with Gasteiger partial charge in [0, 0.05) is 13.0 Å². The number of hydrogen-bond donors (Lipinski definition) is 3. The third-order valence-corrected chi connectivity index (χ3v) is 6.34. The van der Waals surface area contributed by atoms with Crippen LogP contribution in [-0.2, 0) is 39.9 Å². The summed E-state index contributed by atoms with van der Waals surface area (Å²) in [6, 6.07) is 7.20. The van der Waals surface area contributed by atoms with Gasteiger partial charge in [-0.05, 0) is 42.6 Å². The van der Waals surface area contributed by atoms with E-state index >= 15 is 0 Å². The fraction of sp³-hybridized carbons (Fsp3) is 0.633. The molecule has 4 atom stereocenters. The number of benzene rings is 1. The molecule has 3 N–H and O–H groups in total. The second-order valence-corrected chi connectivity index (χ2v) is 11.6. The Kier molecular flexibility index (Phi) is 13.1. The molecule has 0 saturated carbocycles. The Hall–Kier alpha value is -3.43. The molecule has 1 aromatic carbocycles. The van der Waals surface area contributed by atoms with Gasteiger partial charge in [-0.2, -0.15) is 0 Å². The van der Waals surface area contributed by atoms with Crippen LogP contribution in [0.5, 0.6) is 0 Å². The average molecular weight is 560 g/mol. The standard InChI is InChI=1S/C30H45N3O7/c1-18(2)14-23-30(38)40-25(16-20(5)6)29(37)32-22(17-21-10-8-7-9-11-21)27(35)31-13-12-26(34)39-24(15-19(3)4)28(36)33-23/h7-11,18-20,22-25H,12-17H2,1-6H3,(H,31,35)(H,32,37)(H,33,36)/t22-,23-,24+,25-/m0/s1. The van der Waals surface area contributed by atoms with Crippen LogP contribution in [0, 0.1) is 17.8 Å². The monoisotopic (exact) mass is 559 g/mol. The number of cyclic esters (lactones) is 2. The van der Waals surface area contributed by atoms with Crippen molar-refractivity contribution in [1.29, 1.82) is 0 Å². The van der Waals surface area contributed by atoms with E-state index in [0.29, 0.717) is 0 Å². The molecule has 1 aliphatic rings. The molecule has 1 fully saturated rings. The second-order valence-electron chi connectivity index (χ2n) is 11.6. The molecule has 10 heteroatoms. The van der Waals surface area contributed by atoms with E-state index < -0.39 is 54.0 Å². The zero-order chi connectivity index (χ0) is 29.8. The van der Waals surface area contributed by atoms with Gasteiger partial charge in [-0.15, -0.1) is 0 Å². The molecular weight excluding hydrogens is 514 g/mol. The first-order valence-corrected chi connectivity index (χ1v) is 14.2. The fourth-order valence-electron chi connectivity index (χ4n) is 4.40. The van der Waals surface area contributed by atoms with Crippen molar-refractivity contribution < 1.29 is 33.4 Å². The van der Waals surface area contributed by atoms with Gasteiger partial charge in [0.1, 0.15) is 12.1 Å². The quantitative estimate of drug-likeness (QED) is 0.416. The first-order valence-electron chi connectivity index (χ1n) is 14.2. The lowest BCUT2D eigenvalue weighted by Gasteiger charge is -2.27. The van der Waals surface area contributed by atoms with Gasteiger partial charge in [0.15, 0.2) is 12.2 Å². The van der Waals surface area contributed by atoms with Crippen LogP contribution >= 0.6 is 0 Å². The van der Waals surface area contributed by atoms with Crippen molar-refractivity contribution in [3.05, 3.63) is 35.9 Å². The van der Waals surface area contributed by atoms with Gasteiger partial charge in [-0.1, -0.05) is 71.9 Å². The zero-order valence-corrected chi connectivity index (χ0v) is 24.5. The highest BCUT2D eigenvalue weighted by atomic mass is 16.6. The van der Waals surface area contributed by atoms with Crippen LogP contribution in [0.4, 0.5) is 0 Å². The van der Waals surface area contributed by atoms with Crippen molar-refractivity contribution in [3.63, 3.8) is 0 Å². The van der Waals surface area contributed by atoms with Gasteiger partial charge in [-0.25, -0.2) is 4.79 Å². The topological polar surface area (TPSA) is 140 Å². The predicted octanol–water partition coefficient (Wildman–Crippen LogP) is 2.68. The van der Waals surface area contributed by atoms with E-state index in [1.165, 1.54) is 0 Å². The summed E-state index contributed by atoms with van der Waals surface area (Å²) in [5, 5.41) is 8.13. The van der Waals surface area contributed by atoms with E-state index in [1.807, 2.05) is 71.9 Å². The van der Waals surface area contributed by atoms with Crippen molar-refractivity contribution in [3.8, 4) is 0 Å². The Morgan fingerprint density at radius 1 is 0.700 bits per heavy atom. The van der Waals surface area contributed by atoms with Crippen molar-refractivity contribution in [2.24, 2.45) is 17.8 Å². The Bertz CT molecular complexity index is 1010. The normalized spacial score (nSPS) is 23.9. The van der Waals surface area contributed by atoms with Crippen molar-refractivity contribution in [2.75, 3.05) is 6.54 Å². The molecule has 1 heterocycles. The number of esters is 2. The van der Waals surface area contributed by atoms with Gasteiger partial charge in [-0.3, -0.25) is 19.2 Å². The average Bonchev–Trinajstić information content (AvgIpc) is 2.86. The molecule has 0 bridgehead atoms. The van der Waals surface area contributed by atoms with E-state index in [1.54, 1.807) is 0 Å². The summed E-state index contributed by atoms with van der Waals surface area (Å²) in [6.45, 7) is 11.3. The predicted molar refractivity (Wildman–Crippen MR) is 150 cm³/mol. The van der Waals surface area contributed by atoms with Crippen molar-refractivity contribution in [1.82, 2.24) is 16.0 Å². The van der Waals surface area contributed by atoms with Gasteiger partial charge in [0.25, 0.3) is 11.8 Å². The second kappa shape index (κ2) is 16.0. The molecule has 1 aliphatic heterocycles. The molecule has 1 aromatic rings. The Labute approximate surface area is 237 Å². The highest BCUT2D eigenvalue weighted by molar-refractivity contribution is 5.92. The minimum Gasteiger partial charge on any atom is -0.452 e. The lowest BCUT2D eigenvalue weighted by atomic mass is 10.0. The van der Waals surface area contributed by atoms with Crippen LogP contribution in [0.3, 0.4) is 0 Å². The molecule has 0 aliphatic carbocycles. The van der Waals surface area contributed by atoms with Gasteiger partial charge < -0.3 is 25.4 Å². The Morgan fingerprint density at radius 3 is 1.77 bits per heavy atom. The third-order valence-electron chi connectivity index (χ3n) is 6.34. The lowest BCUT2D eigenvalue weighted by molar-refractivity contribution is -0.162. The molecule has 0 unspecified atom stereocenters. The molecule has 1 saturated heterocycles. The summed E-state index contributed by atoms with van der Waals surface area (Å²) in [7, 11) is 0. The molecule has 40 heavy (non-hydrogen) atoms. The third kappa shape index (κ3) is 11.4. The molecule has 0 spiro atoms. The van der Waals surface area contributed by atoms with Gasteiger partial charge in [0.05, 0.1) is 6.42 Å². The highest BCUT2D eigenvalue weighted by Gasteiger charge is 2.34. The van der Waals surface area contributed by atoms with Gasteiger partial charge >= 0.3 is 11.9 Å². The number of ether oxygens (including phenoxy) is 2. The number of rotatable bonds is 8. The van der Waals surface area contributed by atoms with E-state index in [-0.39, 0.29) is 56.4 Å². The largest absolute Gasteiger partial charge is 0.452 e. The van der Waals surface area contributed by atoms with E-state index in [2.05, 4.69) is 16.0 Å². The zero-order valence-electron chi connectivity index (χ0n) is 24.5. The summed E-state index contributed by atoms with van der Waals surface area (Å²) >= 11 is 0. The Morgan fingerprint density at radius 2 is 1.23 bits per heavy atom. The molecule has 0 radical (unpaired) electrons. The Balaban J connectivity index is 2.42. The number of amides is 3. The number of hydrogen-bond acceptors (Lipinski definition) is 7. The minimum atomic E-state index is -1.16. The van der Waals surface area contributed by atoms with Crippen molar-refractivity contribution >= 4 is 29.7 Å². The smallest absolute Gasteiger partial charge is 0.329 e. The first kappa shape index (κ1) is 32.8. The SMILES string of the molecule is CC(C)C[C@@H]1NC(=O)[C@@H](CC(C)C)OC(=O)CCNC(=O)[C@H](Cc2ccccc2)NC(=O)[C@H](CC(C)C)OC1=O. The summed E-state index contributed by atoms with van der Waals surface area (Å²) in [5.74, 6) is -3.05. The fourth-order valence-corrected chi connectivity index (χ4v) is 4.40. The molecular formula is C30H45N3O7. The maximum absolute atomic E-state index is 13.4. The highest BCUT2D eigenvalue weighted by Crippen LogP contribution is 2.16. The molecule has 2 rings (SSSR count). The lowest BCUT2D eigenvalue weighted by Crippen LogP contribution is -2.54. The molecule has 222 valence electrons. The van der Waals surface area contributed by atoms with Gasteiger partial charge in [0.2, 0.25) is 5.91 Å². The van der Waals surface area contributed by atoms with Crippen LogP contribution in [0.25, 0.3) is 0 Å². The van der Waals surface area contributed by atoms with E-state index in [0.717, 1.165) is 5.56 Å². The number of nitrogens with one attached hydrogen (secondary N) is 3. The minimum absolute atomic E-state index is 0.00326. The number of carbonyl (C=O) groups is 5. The summed E-state index contributed by atoms with van der Waals surface area (Å²) in [5.41, 5.74) is 0.824. The van der Waals surface area contributed by atoms with E-state index in [4.69, 9.17) is 9.47 Å².